The first kappa shape index (κ1) is 28.7. The van der Waals surface area contributed by atoms with Gasteiger partial charge in [0, 0.05) is 5.56 Å². The van der Waals surface area contributed by atoms with Crippen molar-refractivity contribution in [1.82, 2.24) is 0 Å². The molecule has 0 aliphatic heterocycles. The summed E-state index contributed by atoms with van der Waals surface area (Å²) in [4.78, 5) is 0. The van der Waals surface area contributed by atoms with Crippen molar-refractivity contribution in [3.63, 3.8) is 0 Å². The second-order valence-corrected chi connectivity index (χ2v) is 11.3. The number of hydrogen-bond acceptors (Lipinski definition) is 1. The molecule has 5 heteroatoms. The summed E-state index contributed by atoms with van der Waals surface area (Å²) in [5.74, 6) is -1.87. The monoisotopic (exact) mass is 530 g/mol. The van der Waals surface area contributed by atoms with Crippen LogP contribution in [0.3, 0.4) is 0 Å². The molecule has 0 N–H and O–H groups in total. The minimum Gasteiger partial charge on any atom is -0.486 e. The number of allylic oxidation sites excluding steroid dienone is 1. The fourth-order valence-electron chi connectivity index (χ4n) is 6.26. The molecule has 208 valence electrons. The number of unbranched alkanes of at least 4 members (excludes halogenated alkanes) is 2. The Balaban J connectivity index is 1.34. The van der Waals surface area contributed by atoms with E-state index in [9.17, 15) is 8.78 Å². The lowest BCUT2D eigenvalue weighted by Crippen LogP contribution is -2.45. The minimum absolute atomic E-state index is 0.0813. The average molecular weight is 531 g/mol. The van der Waals surface area contributed by atoms with Crippen molar-refractivity contribution in [3.05, 3.63) is 65.2 Å². The highest BCUT2D eigenvalue weighted by Gasteiger charge is 2.48. The fourth-order valence-corrected chi connectivity index (χ4v) is 6.26. The van der Waals surface area contributed by atoms with Crippen molar-refractivity contribution in [1.29, 1.82) is 0 Å². The maximum absolute atomic E-state index is 15.8. The van der Waals surface area contributed by atoms with Crippen LogP contribution in [0.15, 0.2) is 48.0 Å². The number of aryl methyl sites for hydroxylation is 1. The molecule has 2 aliphatic carbocycles. The molecule has 0 aromatic heterocycles. The number of ether oxygens (including phenoxy) is 1. The average Bonchev–Trinajstić information content (AvgIpc) is 2.93. The van der Waals surface area contributed by atoms with Gasteiger partial charge >= 0.3 is 0 Å². The summed E-state index contributed by atoms with van der Waals surface area (Å²) in [6.45, 7) is 4.20. The fraction of sp³-hybridized carbons (Fsp3) is 0.576. The van der Waals surface area contributed by atoms with E-state index >= 15 is 8.78 Å². The molecule has 1 fully saturated rings. The Bertz CT molecular complexity index is 1070. The van der Waals surface area contributed by atoms with Gasteiger partial charge in [-0.1, -0.05) is 83.1 Å². The van der Waals surface area contributed by atoms with Gasteiger partial charge in [0.25, 0.3) is 0 Å². The van der Waals surface area contributed by atoms with Crippen LogP contribution in [0.25, 0.3) is 11.1 Å². The molecule has 38 heavy (non-hydrogen) atoms. The molecule has 1 saturated carbocycles. The highest BCUT2D eigenvalue weighted by Crippen LogP contribution is 2.47. The Hall–Kier alpha value is -2.30. The number of halogens is 4. The summed E-state index contributed by atoms with van der Waals surface area (Å²) in [6, 6.07) is 10.3. The number of alkyl halides is 2. The number of hydrogen-bond donors (Lipinski definition) is 0. The van der Waals surface area contributed by atoms with Crippen LogP contribution in [0, 0.1) is 23.5 Å². The van der Waals surface area contributed by atoms with Crippen molar-refractivity contribution < 1.29 is 22.3 Å². The molecule has 2 aromatic carbocycles. The lowest BCUT2D eigenvalue weighted by Gasteiger charge is -2.42. The van der Waals surface area contributed by atoms with Crippen LogP contribution in [0.1, 0.15) is 90.0 Å². The molecule has 2 aromatic rings. The molecule has 0 amide bonds. The largest absolute Gasteiger partial charge is 0.486 e. The topological polar surface area (TPSA) is 9.23 Å². The minimum atomic E-state index is -1.84. The standard InChI is InChI=1S/C33H42F4O/c1-3-5-6-8-24-11-15-27(16-12-24)33(37)20-19-25(21-30(33)34)22-38-29-18-17-28(31(35)32(29)36)26-13-9-23(7-4-2)10-14-26/h9-10,13-14,17-18,21,24,27,30H,3-8,11-12,15-16,19-20,22H2,1-2H3/t24-,27-,30?,33?. The van der Waals surface area contributed by atoms with Crippen molar-refractivity contribution >= 4 is 0 Å². The van der Waals surface area contributed by atoms with Gasteiger partial charge in [0.1, 0.15) is 12.3 Å². The Labute approximate surface area is 225 Å². The van der Waals surface area contributed by atoms with E-state index in [0.29, 0.717) is 23.5 Å². The van der Waals surface area contributed by atoms with E-state index in [0.717, 1.165) is 44.1 Å². The maximum atomic E-state index is 15.8. The molecular weight excluding hydrogens is 488 g/mol. The molecule has 0 spiro atoms. The van der Waals surface area contributed by atoms with Gasteiger partial charge in [-0.05, 0) is 78.8 Å². The summed E-state index contributed by atoms with van der Waals surface area (Å²) in [7, 11) is 0. The SMILES string of the molecule is CCCCC[C@H]1CC[C@H](C2(F)CCC(COc3ccc(-c4ccc(CCC)cc4)c(F)c3F)=CC2F)CC1. The first-order valence-corrected chi connectivity index (χ1v) is 14.6. The molecule has 1 nitrogen and oxygen atoms in total. The second-order valence-electron chi connectivity index (χ2n) is 11.3. The lowest BCUT2D eigenvalue weighted by atomic mass is 9.68. The van der Waals surface area contributed by atoms with Crippen LogP contribution in [0.5, 0.6) is 5.75 Å². The van der Waals surface area contributed by atoms with Crippen LogP contribution in [-0.2, 0) is 6.42 Å². The zero-order valence-electron chi connectivity index (χ0n) is 22.9. The maximum Gasteiger partial charge on any atom is 0.201 e. The Kier molecular flexibility index (Phi) is 9.95. The highest BCUT2D eigenvalue weighted by molar-refractivity contribution is 5.65. The van der Waals surface area contributed by atoms with Gasteiger partial charge in [0.05, 0.1) is 0 Å². The van der Waals surface area contributed by atoms with E-state index in [2.05, 4.69) is 13.8 Å². The first-order chi connectivity index (χ1) is 18.4. The summed E-state index contributed by atoms with van der Waals surface area (Å²) in [5.41, 5.74) is 0.660. The first-order valence-electron chi connectivity index (χ1n) is 14.6. The third-order valence-electron chi connectivity index (χ3n) is 8.67. The quantitative estimate of drug-likeness (QED) is 0.160. The molecule has 2 aliphatic rings. The van der Waals surface area contributed by atoms with Crippen LogP contribution in [0.4, 0.5) is 17.6 Å². The highest BCUT2D eigenvalue weighted by atomic mass is 19.2. The van der Waals surface area contributed by atoms with E-state index in [4.69, 9.17) is 4.74 Å². The normalized spacial score (nSPS) is 25.7. The smallest absolute Gasteiger partial charge is 0.201 e. The van der Waals surface area contributed by atoms with Crippen LogP contribution in [0.2, 0.25) is 0 Å². The van der Waals surface area contributed by atoms with E-state index in [1.165, 1.54) is 43.9 Å². The van der Waals surface area contributed by atoms with Crippen molar-refractivity contribution in [2.75, 3.05) is 6.61 Å². The molecule has 4 rings (SSSR count). The molecule has 2 unspecified atom stereocenters. The van der Waals surface area contributed by atoms with Gasteiger partial charge in [-0.15, -0.1) is 0 Å². The van der Waals surface area contributed by atoms with Gasteiger partial charge in [-0.3, -0.25) is 0 Å². The van der Waals surface area contributed by atoms with Crippen molar-refractivity contribution in [3.8, 4) is 16.9 Å². The summed E-state index contributed by atoms with van der Waals surface area (Å²) < 4.78 is 66.2. The molecular formula is C33H42F4O. The predicted molar refractivity (Wildman–Crippen MR) is 147 cm³/mol. The van der Waals surface area contributed by atoms with Crippen LogP contribution >= 0.6 is 0 Å². The Morgan fingerprint density at radius 2 is 1.63 bits per heavy atom. The molecule has 0 saturated heterocycles. The van der Waals surface area contributed by atoms with Crippen LogP contribution in [-0.4, -0.2) is 18.4 Å². The van der Waals surface area contributed by atoms with Gasteiger partial charge in [0.15, 0.2) is 17.7 Å². The Morgan fingerprint density at radius 1 is 0.895 bits per heavy atom. The third kappa shape index (κ3) is 6.63. The zero-order valence-corrected chi connectivity index (χ0v) is 22.9. The van der Waals surface area contributed by atoms with Gasteiger partial charge < -0.3 is 4.74 Å². The zero-order chi connectivity index (χ0) is 27.1. The van der Waals surface area contributed by atoms with E-state index < -0.39 is 23.5 Å². The number of rotatable bonds is 11. The summed E-state index contributed by atoms with van der Waals surface area (Å²) in [6.07, 6.45) is 10.3. The summed E-state index contributed by atoms with van der Waals surface area (Å²) in [5, 5.41) is 0. The predicted octanol–water partition coefficient (Wildman–Crippen LogP) is 10.1. The van der Waals surface area contributed by atoms with Gasteiger partial charge in [-0.25, -0.2) is 13.2 Å². The molecule has 0 heterocycles. The lowest BCUT2D eigenvalue weighted by molar-refractivity contribution is -0.0206. The van der Waals surface area contributed by atoms with E-state index in [1.54, 1.807) is 12.1 Å². The van der Waals surface area contributed by atoms with E-state index in [1.807, 2.05) is 12.1 Å². The van der Waals surface area contributed by atoms with Gasteiger partial charge in [0.2, 0.25) is 5.82 Å². The molecule has 2 atom stereocenters. The second kappa shape index (κ2) is 13.2. The van der Waals surface area contributed by atoms with Crippen LogP contribution < -0.4 is 4.74 Å². The Morgan fingerprint density at radius 3 is 2.29 bits per heavy atom. The van der Waals surface area contributed by atoms with Gasteiger partial charge in [-0.2, -0.15) is 4.39 Å². The third-order valence-corrected chi connectivity index (χ3v) is 8.67. The molecule has 0 bridgehead atoms. The van der Waals surface area contributed by atoms with Crippen molar-refractivity contribution in [2.24, 2.45) is 11.8 Å². The number of benzene rings is 2. The molecule has 0 radical (unpaired) electrons. The van der Waals surface area contributed by atoms with Crippen molar-refractivity contribution in [2.45, 2.75) is 103 Å². The summed E-state index contributed by atoms with van der Waals surface area (Å²) >= 11 is 0. The van der Waals surface area contributed by atoms with E-state index in [-0.39, 0.29) is 30.3 Å².